The van der Waals surface area contributed by atoms with E-state index in [0.717, 1.165) is 0 Å². The number of nitrogens with one attached hydrogen (secondary N) is 1. The Kier molecular flexibility index (Phi) is 5.88. The number of rotatable bonds is 5. The van der Waals surface area contributed by atoms with Crippen LogP contribution in [0.4, 0.5) is 5.69 Å². The van der Waals surface area contributed by atoms with Gasteiger partial charge in [0.2, 0.25) is 0 Å². The van der Waals surface area contributed by atoms with Crippen LogP contribution in [0.2, 0.25) is 10.0 Å². The number of allylic oxidation sites excluding steroid dienone is 1. The van der Waals surface area contributed by atoms with Gasteiger partial charge < -0.3 is 20.8 Å². The molecule has 0 fully saturated rings. The number of aliphatic hydroxyl groups excluding tert-OH is 1. The molecule has 7 nitrogen and oxygen atoms in total. The van der Waals surface area contributed by atoms with E-state index in [4.69, 9.17) is 39.5 Å². The van der Waals surface area contributed by atoms with Crippen molar-refractivity contribution in [3.63, 3.8) is 0 Å². The lowest BCUT2D eigenvalue weighted by atomic mass is 9.81. The molecule has 10 heteroatoms. The number of carboxylic acids is 1. The fourth-order valence-corrected chi connectivity index (χ4v) is 5.36. The summed E-state index contributed by atoms with van der Waals surface area (Å²) in [6.45, 7) is 1.86. The van der Waals surface area contributed by atoms with Gasteiger partial charge in [0.1, 0.15) is 23.5 Å². The number of nitriles is 1. The number of nitrogens with zero attached hydrogens (tertiary/aromatic N) is 2. The smallest absolute Gasteiger partial charge is 0.321 e. The van der Waals surface area contributed by atoms with Crippen molar-refractivity contribution in [3.8, 4) is 6.07 Å². The quantitative estimate of drug-likeness (QED) is 0.534. The number of carbonyl (C=O) groups is 1. The molecule has 0 amide bonds. The van der Waals surface area contributed by atoms with Gasteiger partial charge in [-0.15, -0.1) is 0 Å². The number of anilines is 1. The van der Waals surface area contributed by atoms with E-state index in [0.29, 0.717) is 21.3 Å². The van der Waals surface area contributed by atoms with Crippen molar-refractivity contribution in [2.24, 2.45) is 5.73 Å². The Balaban J connectivity index is 2.11. The Morgan fingerprint density at radius 2 is 2.21 bits per heavy atom. The van der Waals surface area contributed by atoms with E-state index in [2.05, 4.69) is 6.07 Å². The molecule has 3 atom stereocenters. The van der Waals surface area contributed by atoms with Crippen molar-refractivity contribution >= 4 is 52.5 Å². The average molecular weight is 453 g/mol. The Hall–Kier alpha value is -2.18. The maximum Gasteiger partial charge on any atom is 0.321 e. The van der Waals surface area contributed by atoms with Crippen molar-refractivity contribution in [1.29, 1.82) is 10.7 Å². The molecule has 1 aliphatic heterocycles. The first kappa shape index (κ1) is 21.5. The lowest BCUT2D eigenvalue weighted by Crippen LogP contribution is -2.55. The first-order valence-corrected chi connectivity index (χ1v) is 10.4. The van der Waals surface area contributed by atoms with Gasteiger partial charge in [-0.3, -0.25) is 10.2 Å². The van der Waals surface area contributed by atoms with Gasteiger partial charge in [-0.1, -0.05) is 23.2 Å². The van der Waals surface area contributed by atoms with Crippen LogP contribution in [-0.4, -0.2) is 44.6 Å². The van der Waals surface area contributed by atoms with Crippen LogP contribution in [0.5, 0.6) is 0 Å². The second kappa shape index (κ2) is 7.92. The van der Waals surface area contributed by atoms with E-state index >= 15 is 0 Å². The zero-order chi connectivity index (χ0) is 21.5. The molecule has 29 heavy (non-hydrogen) atoms. The molecule has 1 aromatic rings. The number of thioether (sulfide) groups is 1. The summed E-state index contributed by atoms with van der Waals surface area (Å²) in [4.78, 5) is 12.8. The van der Waals surface area contributed by atoms with E-state index in [1.165, 1.54) is 17.8 Å². The number of aliphatic carboxylic acids is 1. The third-order valence-electron chi connectivity index (χ3n) is 5.14. The Morgan fingerprint density at radius 3 is 2.79 bits per heavy atom. The minimum Gasteiger partial charge on any atom is -0.512 e. The number of amidine groups is 1. The van der Waals surface area contributed by atoms with Crippen LogP contribution in [0.1, 0.15) is 13.3 Å². The molecule has 0 saturated carbocycles. The number of fused-ring (bicyclic) bond motifs is 1. The first-order chi connectivity index (χ1) is 13.6. The van der Waals surface area contributed by atoms with Gasteiger partial charge in [0, 0.05) is 28.7 Å². The zero-order valence-corrected chi connectivity index (χ0v) is 17.6. The number of carboxylic acid groups (broad SMARTS) is 1. The van der Waals surface area contributed by atoms with Crippen molar-refractivity contribution < 1.29 is 15.0 Å². The molecule has 1 aliphatic carbocycles. The summed E-state index contributed by atoms with van der Waals surface area (Å²) >= 11 is 13.5. The van der Waals surface area contributed by atoms with Crippen LogP contribution in [0, 0.1) is 16.7 Å². The predicted molar refractivity (Wildman–Crippen MR) is 115 cm³/mol. The molecule has 0 spiro atoms. The predicted octanol–water partition coefficient (Wildman–Crippen LogP) is 3.73. The summed E-state index contributed by atoms with van der Waals surface area (Å²) in [5.41, 5.74) is 5.97. The first-order valence-electron chi connectivity index (χ1n) is 8.59. The van der Waals surface area contributed by atoms with E-state index in [1.54, 1.807) is 23.1 Å². The highest BCUT2D eigenvalue weighted by atomic mass is 35.5. The second-order valence-corrected chi connectivity index (χ2v) is 8.99. The van der Waals surface area contributed by atoms with Gasteiger partial charge in [0.25, 0.3) is 0 Å². The summed E-state index contributed by atoms with van der Waals surface area (Å²) < 4.78 is 0. The molecule has 1 aromatic carbocycles. The molecule has 2 aliphatic rings. The molecule has 0 aromatic heterocycles. The topological polar surface area (TPSA) is 134 Å². The number of aliphatic hydroxyl groups is 1. The van der Waals surface area contributed by atoms with Crippen LogP contribution in [-0.2, 0) is 4.79 Å². The molecule has 5 N–H and O–H groups in total. The summed E-state index contributed by atoms with van der Waals surface area (Å²) in [6, 6.07) is 5.92. The number of benzene rings is 1. The molecule has 0 bridgehead atoms. The van der Waals surface area contributed by atoms with Crippen LogP contribution >= 0.6 is 35.0 Å². The Morgan fingerprint density at radius 1 is 1.52 bits per heavy atom. The van der Waals surface area contributed by atoms with Crippen molar-refractivity contribution in [3.05, 3.63) is 51.2 Å². The van der Waals surface area contributed by atoms with Crippen molar-refractivity contribution in [1.82, 2.24) is 0 Å². The fraction of sp³-hybridized carbons (Fsp3) is 0.316. The minimum atomic E-state index is -1.12. The number of halogens is 2. The van der Waals surface area contributed by atoms with E-state index in [-0.39, 0.29) is 34.6 Å². The van der Waals surface area contributed by atoms with Crippen LogP contribution in [0.3, 0.4) is 0 Å². The van der Waals surface area contributed by atoms with Crippen molar-refractivity contribution in [2.45, 2.75) is 30.2 Å². The Bertz CT molecular complexity index is 1000. The van der Waals surface area contributed by atoms with Gasteiger partial charge in [-0.05, 0) is 31.2 Å². The van der Waals surface area contributed by atoms with Gasteiger partial charge in [-0.2, -0.15) is 17.0 Å². The van der Waals surface area contributed by atoms with E-state index in [9.17, 15) is 15.2 Å². The van der Waals surface area contributed by atoms with E-state index in [1.807, 2.05) is 6.92 Å². The summed E-state index contributed by atoms with van der Waals surface area (Å²) in [7, 11) is 0. The second-order valence-electron chi connectivity index (χ2n) is 6.94. The minimum absolute atomic E-state index is 0.0255. The maximum absolute atomic E-state index is 11.1. The van der Waals surface area contributed by atoms with Crippen LogP contribution in [0.25, 0.3) is 0 Å². The van der Waals surface area contributed by atoms with Gasteiger partial charge >= 0.3 is 5.97 Å². The van der Waals surface area contributed by atoms with Crippen LogP contribution < -0.4 is 10.6 Å². The number of hydrogen-bond donors (Lipinski definition) is 4. The summed E-state index contributed by atoms with van der Waals surface area (Å²) in [5.74, 6) is -0.967. The number of nitrogens with two attached hydrogens (primary N) is 1. The molecule has 0 saturated heterocycles. The molecule has 2 unspecified atom stereocenters. The highest BCUT2D eigenvalue weighted by Crippen LogP contribution is 2.50. The largest absolute Gasteiger partial charge is 0.512 e. The summed E-state index contributed by atoms with van der Waals surface area (Å²) in [6.07, 6.45) is 1.75. The summed E-state index contributed by atoms with van der Waals surface area (Å²) in [5, 5.41) is 38.0. The van der Waals surface area contributed by atoms with Crippen molar-refractivity contribution in [2.75, 3.05) is 10.7 Å². The normalized spacial score (nSPS) is 24.8. The Labute approximate surface area is 181 Å². The lowest BCUT2D eigenvalue weighted by Gasteiger charge is -2.45. The van der Waals surface area contributed by atoms with Gasteiger partial charge in [0.15, 0.2) is 0 Å². The lowest BCUT2D eigenvalue weighted by molar-refractivity contribution is -0.137. The molecule has 1 heterocycles. The molecule has 0 radical (unpaired) electrons. The molecular formula is C19H18Cl2N4O3S. The highest BCUT2D eigenvalue weighted by Gasteiger charge is 2.53. The zero-order valence-electron chi connectivity index (χ0n) is 15.3. The standard InChI is InChI=1S/C19H18Cl2N4O3S/c1-19-12(5-10(26)6-16(19)29-8-15(23)18(27)28)11(7-22)17(24)25(19)9-2-3-13(20)14(21)4-9/h2-5,15-16,24,26H,6,8,23H2,1H3,(H,27,28)/t15-,16?,19?/m0/s1. The van der Waals surface area contributed by atoms with Gasteiger partial charge in [0.05, 0.1) is 21.3 Å². The highest BCUT2D eigenvalue weighted by molar-refractivity contribution is 8.00. The van der Waals surface area contributed by atoms with Crippen LogP contribution in [0.15, 0.2) is 41.2 Å². The fourth-order valence-electron chi connectivity index (χ4n) is 3.64. The number of hydrogen-bond acceptors (Lipinski definition) is 6. The average Bonchev–Trinajstić information content (AvgIpc) is 2.88. The SMILES string of the molecule is CC12C(=C(C#N)C(=N)N1c1ccc(Cl)c(Cl)c1)C=C(O)CC2SC[C@H](N)C(=O)O. The molecule has 3 rings (SSSR count). The van der Waals surface area contributed by atoms with Gasteiger partial charge in [-0.25, -0.2) is 0 Å². The van der Waals surface area contributed by atoms with E-state index < -0.39 is 17.6 Å². The molecule has 152 valence electrons. The maximum atomic E-state index is 11.1. The molecular weight excluding hydrogens is 435 g/mol. The third-order valence-corrected chi connectivity index (χ3v) is 7.46. The third kappa shape index (κ3) is 3.60. The monoisotopic (exact) mass is 452 g/mol.